The molecule has 0 radical (unpaired) electrons. The molecule has 0 spiro atoms. The number of methoxy groups -OCH3 is 3. The third-order valence-electron chi connectivity index (χ3n) is 6.45. The molecule has 1 rings (SSSR count). The Bertz CT molecular complexity index is 677. The first-order valence-corrected chi connectivity index (χ1v) is 20.0. The van der Waals surface area contributed by atoms with Crippen molar-refractivity contribution in [1.29, 1.82) is 0 Å². The molecule has 0 N–H and O–H groups in total. The van der Waals surface area contributed by atoms with Crippen molar-refractivity contribution in [3.63, 3.8) is 0 Å². The molecule has 32 heavy (non-hydrogen) atoms. The molecule has 0 aliphatic carbocycles. The van der Waals surface area contributed by atoms with Gasteiger partial charge in [-0.25, -0.2) is 0 Å². The van der Waals surface area contributed by atoms with Gasteiger partial charge in [0.25, 0.3) is 0 Å². The second-order valence-corrected chi connectivity index (χ2v) is 21.9. The first kappa shape index (κ1) is 28.9. The second kappa shape index (κ2) is 16.4. The van der Waals surface area contributed by atoms with Crippen LogP contribution in [0, 0.1) is 0 Å². The predicted octanol–water partition coefficient (Wildman–Crippen LogP) is 7.82. The monoisotopic (exact) mass is 554 g/mol. The third-order valence-corrected chi connectivity index (χ3v) is 22.3. The van der Waals surface area contributed by atoms with Crippen molar-refractivity contribution in [2.45, 2.75) is 91.9 Å². The molecule has 1 aromatic carbocycles. The van der Waals surface area contributed by atoms with Crippen LogP contribution in [-0.4, -0.2) is 45.7 Å². The van der Waals surface area contributed by atoms with Gasteiger partial charge < -0.3 is 0 Å². The summed E-state index contributed by atoms with van der Waals surface area (Å²) in [7, 11) is 4.87. The molecule has 1 aromatic rings. The molecule has 0 saturated heterocycles. The first-order chi connectivity index (χ1) is 15.5. The SMILES string of the molecule is CCC[CH2][Sn]([CH2]CCC)([CH2]CCC)/[C](=C/CCCC(=O)OC)c1ccc(OC)c(OC)c1. The predicted molar refractivity (Wildman–Crippen MR) is 138 cm³/mol. The number of hydrogen-bond acceptors (Lipinski definition) is 4. The maximum atomic E-state index is 11.6. The van der Waals surface area contributed by atoms with E-state index in [2.05, 4.69) is 39.0 Å². The van der Waals surface area contributed by atoms with Gasteiger partial charge >= 0.3 is 201 Å². The number of rotatable bonds is 17. The molecule has 0 heterocycles. The number of carbonyl (C=O) groups is 1. The number of esters is 1. The summed E-state index contributed by atoms with van der Waals surface area (Å²) in [6.45, 7) is 6.94. The summed E-state index contributed by atoms with van der Waals surface area (Å²) in [5.41, 5.74) is 1.31. The Labute approximate surface area is 201 Å². The Kier molecular flexibility index (Phi) is 14.8. The number of carbonyl (C=O) groups excluding carboxylic acids is 1. The number of unbranched alkanes of at least 4 members (excludes halogenated alkanes) is 4. The van der Waals surface area contributed by atoms with Crippen LogP contribution in [0.25, 0.3) is 3.59 Å². The number of benzene rings is 1. The van der Waals surface area contributed by atoms with Crippen molar-refractivity contribution < 1.29 is 19.0 Å². The van der Waals surface area contributed by atoms with E-state index in [1.165, 1.54) is 64.5 Å². The molecule has 0 fully saturated rings. The molecular weight excluding hydrogens is 507 g/mol. The zero-order chi connectivity index (χ0) is 23.8. The summed E-state index contributed by atoms with van der Waals surface area (Å²) in [6.07, 6.45) is 12.4. The Balaban J connectivity index is 3.49. The molecule has 0 amide bonds. The molecule has 0 bridgehead atoms. The molecule has 0 saturated carbocycles. The van der Waals surface area contributed by atoms with Gasteiger partial charge in [-0.3, -0.25) is 0 Å². The van der Waals surface area contributed by atoms with E-state index in [0.717, 1.165) is 24.3 Å². The topological polar surface area (TPSA) is 44.8 Å². The van der Waals surface area contributed by atoms with E-state index in [0.29, 0.717) is 6.42 Å². The fourth-order valence-corrected chi connectivity index (χ4v) is 21.7. The zero-order valence-electron chi connectivity index (χ0n) is 21.4. The van der Waals surface area contributed by atoms with E-state index in [4.69, 9.17) is 14.2 Å². The molecule has 0 aromatic heterocycles. The van der Waals surface area contributed by atoms with Crippen molar-refractivity contribution in [3.05, 3.63) is 29.8 Å². The van der Waals surface area contributed by atoms with Gasteiger partial charge in [0.15, 0.2) is 0 Å². The van der Waals surface area contributed by atoms with Gasteiger partial charge in [-0.15, -0.1) is 0 Å². The third kappa shape index (κ3) is 8.99. The average molecular weight is 553 g/mol. The van der Waals surface area contributed by atoms with Crippen molar-refractivity contribution in [2.24, 2.45) is 0 Å². The second-order valence-electron chi connectivity index (χ2n) is 8.75. The Morgan fingerprint density at radius 1 is 0.844 bits per heavy atom. The van der Waals surface area contributed by atoms with Crippen molar-refractivity contribution in [1.82, 2.24) is 0 Å². The Hall–Kier alpha value is -1.17. The van der Waals surface area contributed by atoms with Gasteiger partial charge in [0.2, 0.25) is 0 Å². The molecule has 5 heteroatoms. The number of ether oxygens (including phenoxy) is 3. The van der Waals surface area contributed by atoms with Crippen molar-refractivity contribution in [3.8, 4) is 11.5 Å². The Morgan fingerprint density at radius 3 is 1.88 bits per heavy atom. The van der Waals surface area contributed by atoms with Crippen LogP contribution >= 0.6 is 0 Å². The molecular formula is C27H46O4Sn. The van der Waals surface area contributed by atoms with Crippen molar-refractivity contribution >= 4 is 27.9 Å². The quantitative estimate of drug-likeness (QED) is 0.112. The van der Waals surface area contributed by atoms with Crippen LogP contribution in [0.4, 0.5) is 0 Å². The van der Waals surface area contributed by atoms with Crippen LogP contribution in [0.15, 0.2) is 24.3 Å². The van der Waals surface area contributed by atoms with Gasteiger partial charge in [-0.1, -0.05) is 0 Å². The van der Waals surface area contributed by atoms with Gasteiger partial charge in [-0.05, 0) is 0 Å². The van der Waals surface area contributed by atoms with E-state index in [1.807, 2.05) is 6.07 Å². The molecule has 4 nitrogen and oxygen atoms in total. The summed E-state index contributed by atoms with van der Waals surface area (Å²) in [5, 5.41) is 0. The first-order valence-electron chi connectivity index (χ1n) is 12.5. The minimum absolute atomic E-state index is 0.121. The van der Waals surface area contributed by atoms with E-state index in [9.17, 15) is 4.79 Å². The van der Waals surface area contributed by atoms with E-state index < -0.39 is 18.4 Å². The summed E-state index contributed by atoms with van der Waals surface area (Å²) in [6, 6.07) is 6.45. The van der Waals surface area contributed by atoms with Gasteiger partial charge in [0, 0.05) is 0 Å². The minimum atomic E-state index is -2.69. The molecule has 0 aliphatic heterocycles. The number of hydrogen-bond donors (Lipinski definition) is 0. The summed E-state index contributed by atoms with van der Waals surface area (Å²) < 4.78 is 21.9. The maximum absolute atomic E-state index is 11.6. The van der Waals surface area contributed by atoms with Gasteiger partial charge in [-0.2, -0.15) is 0 Å². The fourth-order valence-electron chi connectivity index (χ4n) is 4.56. The standard InChI is InChI=1S/C15H19O4.3C4H9.Sn/c1-17-13-10-9-12(11-14(13)18-2)7-5-4-6-8-15(16)19-3;3*1-3-4-2;/h5,9-11H,4,6,8H2,1-3H3;3*1,3-4H2,2H3;. The van der Waals surface area contributed by atoms with Crippen LogP contribution in [0.3, 0.4) is 0 Å². The van der Waals surface area contributed by atoms with Crippen LogP contribution in [0.1, 0.15) is 84.1 Å². The summed E-state index contributed by atoms with van der Waals surface area (Å²) >= 11 is -2.69. The molecule has 182 valence electrons. The van der Waals surface area contributed by atoms with Gasteiger partial charge in [0.1, 0.15) is 0 Å². The molecule has 0 aliphatic rings. The summed E-state index contributed by atoms with van der Waals surface area (Å²) in [4.78, 5) is 11.6. The zero-order valence-corrected chi connectivity index (χ0v) is 24.3. The molecule has 0 atom stereocenters. The van der Waals surface area contributed by atoms with E-state index in [-0.39, 0.29) is 5.97 Å². The van der Waals surface area contributed by atoms with Crippen LogP contribution in [0.2, 0.25) is 13.3 Å². The average Bonchev–Trinajstić information content (AvgIpc) is 2.83. The van der Waals surface area contributed by atoms with Crippen LogP contribution in [-0.2, 0) is 9.53 Å². The summed E-state index contributed by atoms with van der Waals surface area (Å²) in [5.74, 6) is 1.45. The van der Waals surface area contributed by atoms with Crippen LogP contribution in [0.5, 0.6) is 11.5 Å². The van der Waals surface area contributed by atoms with Gasteiger partial charge in [0.05, 0.1) is 0 Å². The van der Waals surface area contributed by atoms with Crippen LogP contribution < -0.4 is 9.47 Å². The van der Waals surface area contributed by atoms with E-state index in [1.54, 1.807) is 17.8 Å². The fraction of sp³-hybridized carbons (Fsp3) is 0.667. The van der Waals surface area contributed by atoms with E-state index >= 15 is 0 Å². The van der Waals surface area contributed by atoms with Crippen molar-refractivity contribution in [2.75, 3.05) is 21.3 Å². The number of allylic oxidation sites excluding steroid dienone is 1. The Morgan fingerprint density at radius 2 is 1.41 bits per heavy atom. The normalized spacial score (nSPS) is 12.0. The molecule has 0 unspecified atom stereocenters.